The zero-order chi connectivity index (χ0) is 15.1. The van der Waals surface area contributed by atoms with Gasteiger partial charge in [0, 0.05) is 25.2 Å². The second kappa shape index (κ2) is 7.61. The average molecular weight is 277 g/mol. The van der Waals surface area contributed by atoms with Crippen LogP contribution in [0.3, 0.4) is 0 Å². The van der Waals surface area contributed by atoms with Gasteiger partial charge in [-0.3, -0.25) is 9.69 Å². The van der Waals surface area contributed by atoms with E-state index >= 15 is 0 Å². The summed E-state index contributed by atoms with van der Waals surface area (Å²) in [6.07, 6.45) is 0.314. The van der Waals surface area contributed by atoms with Crippen LogP contribution in [-0.4, -0.2) is 42.9 Å². The quantitative estimate of drug-likeness (QED) is 0.801. The summed E-state index contributed by atoms with van der Waals surface area (Å²) in [4.78, 5) is 15.3. The fourth-order valence-corrected chi connectivity index (χ4v) is 1.86. The number of benzene rings is 1. The molecule has 1 aromatic carbocycles. The highest BCUT2D eigenvalue weighted by molar-refractivity contribution is 5.78. The number of nitrogens with zero attached hydrogens (tertiary/aromatic N) is 3. The van der Waals surface area contributed by atoms with Gasteiger partial charge in [0.15, 0.2) is 0 Å². The van der Waals surface area contributed by atoms with Crippen LogP contribution in [0.15, 0.2) is 24.3 Å². The molecule has 0 radical (unpaired) electrons. The van der Waals surface area contributed by atoms with Gasteiger partial charge in [-0.15, -0.1) is 0 Å². The average Bonchev–Trinajstić information content (AvgIpc) is 2.44. The molecule has 0 aliphatic carbocycles. The lowest BCUT2D eigenvalue weighted by Gasteiger charge is -2.27. The molecule has 1 amide bonds. The van der Waals surface area contributed by atoms with Crippen molar-refractivity contribution in [2.75, 3.05) is 27.2 Å². The number of carbonyl (C=O) groups is 1. The molecule has 0 bridgehead atoms. The van der Waals surface area contributed by atoms with Crippen molar-refractivity contribution < 1.29 is 9.18 Å². The number of nitriles is 1. The van der Waals surface area contributed by atoms with Crippen molar-refractivity contribution in [3.05, 3.63) is 35.6 Å². The van der Waals surface area contributed by atoms with Crippen molar-refractivity contribution in [2.24, 2.45) is 0 Å². The minimum Gasteiger partial charge on any atom is -0.344 e. The van der Waals surface area contributed by atoms with Gasteiger partial charge in [-0.2, -0.15) is 5.26 Å². The Balaban J connectivity index is 2.62. The second-order valence-corrected chi connectivity index (χ2v) is 4.84. The van der Waals surface area contributed by atoms with E-state index in [4.69, 9.17) is 5.26 Å². The fraction of sp³-hybridized carbons (Fsp3) is 0.467. The number of rotatable bonds is 6. The van der Waals surface area contributed by atoms with E-state index in [1.54, 1.807) is 37.2 Å². The number of likely N-dealkylation sites (N-methyl/N-ethyl adjacent to an activating group) is 2. The van der Waals surface area contributed by atoms with E-state index < -0.39 is 0 Å². The van der Waals surface area contributed by atoms with E-state index in [2.05, 4.69) is 0 Å². The van der Waals surface area contributed by atoms with Gasteiger partial charge in [-0.25, -0.2) is 4.39 Å². The highest BCUT2D eigenvalue weighted by Crippen LogP contribution is 2.21. The molecule has 0 saturated carbocycles. The van der Waals surface area contributed by atoms with Crippen LogP contribution in [0.5, 0.6) is 0 Å². The molecule has 1 rings (SSSR count). The maximum absolute atomic E-state index is 13.7. The lowest BCUT2D eigenvalue weighted by molar-refractivity contribution is -0.131. The van der Waals surface area contributed by atoms with Crippen LogP contribution >= 0.6 is 0 Å². The number of carbonyl (C=O) groups excluding carboxylic acids is 1. The van der Waals surface area contributed by atoms with Crippen LogP contribution in [0.4, 0.5) is 4.39 Å². The van der Waals surface area contributed by atoms with Crippen LogP contribution in [0, 0.1) is 17.1 Å². The lowest BCUT2D eigenvalue weighted by Crippen LogP contribution is -2.38. The molecule has 0 aliphatic rings. The fourth-order valence-electron chi connectivity index (χ4n) is 1.86. The van der Waals surface area contributed by atoms with Crippen molar-refractivity contribution >= 4 is 5.91 Å². The third-order valence-corrected chi connectivity index (χ3v) is 3.39. The zero-order valence-corrected chi connectivity index (χ0v) is 12.1. The molecule has 1 unspecified atom stereocenters. The maximum atomic E-state index is 13.7. The van der Waals surface area contributed by atoms with Crippen molar-refractivity contribution in [1.29, 1.82) is 5.26 Å². The topological polar surface area (TPSA) is 47.3 Å². The number of hydrogen-bond donors (Lipinski definition) is 0. The van der Waals surface area contributed by atoms with Gasteiger partial charge in [0.05, 0.1) is 19.0 Å². The van der Waals surface area contributed by atoms with Crippen LogP contribution in [0.2, 0.25) is 0 Å². The molecule has 20 heavy (non-hydrogen) atoms. The van der Waals surface area contributed by atoms with E-state index in [0.29, 0.717) is 18.5 Å². The summed E-state index contributed by atoms with van der Waals surface area (Å²) in [5, 5.41) is 8.51. The molecular formula is C15H20FN3O. The van der Waals surface area contributed by atoms with Gasteiger partial charge in [-0.1, -0.05) is 18.2 Å². The van der Waals surface area contributed by atoms with E-state index in [1.165, 1.54) is 11.0 Å². The van der Waals surface area contributed by atoms with Crippen LogP contribution < -0.4 is 0 Å². The van der Waals surface area contributed by atoms with Crippen LogP contribution in [0.1, 0.15) is 24.9 Å². The highest BCUT2D eigenvalue weighted by Gasteiger charge is 2.19. The third-order valence-electron chi connectivity index (χ3n) is 3.39. The highest BCUT2D eigenvalue weighted by atomic mass is 19.1. The Hall–Kier alpha value is -1.93. The van der Waals surface area contributed by atoms with Crippen molar-refractivity contribution in [3.63, 3.8) is 0 Å². The maximum Gasteiger partial charge on any atom is 0.236 e. The molecule has 0 spiro atoms. The molecule has 0 aliphatic heterocycles. The largest absolute Gasteiger partial charge is 0.344 e. The number of halogens is 1. The summed E-state index contributed by atoms with van der Waals surface area (Å²) < 4.78 is 13.7. The molecule has 4 nitrogen and oxygen atoms in total. The Labute approximate surface area is 119 Å². The first kappa shape index (κ1) is 16.1. The van der Waals surface area contributed by atoms with E-state index in [-0.39, 0.29) is 24.3 Å². The minimum atomic E-state index is -0.267. The van der Waals surface area contributed by atoms with Gasteiger partial charge < -0.3 is 4.90 Å². The lowest BCUT2D eigenvalue weighted by atomic mass is 10.1. The first-order valence-electron chi connectivity index (χ1n) is 6.53. The summed E-state index contributed by atoms with van der Waals surface area (Å²) in [7, 11) is 3.45. The summed E-state index contributed by atoms with van der Waals surface area (Å²) in [6.45, 7) is 2.47. The smallest absolute Gasteiger partial charge is 0.236 e. The minimum absolute atomic E-state index is 0.0778. The Kier molecular flexibility index (Phi) is 6.13. The summed E-state index contributed by atoms with van der Waals surface area (Å²) in [6, 6.07) is 8.38. The van der Waals surface area contributed by atoms with E-state index in [1.807, 2.05) is 13.0 Å². The molecule has 0 saturated heterocycles. The molecule has 108 valence electrons. The molecule has 5 heteroatoms. The van der Waals surface area contributed by atoms with Gasteiger partial charge in [0.25, 0.3) is 0 Å². The summed E-state index contributed by atoms with van der Waals surface area (Å²) in [5.74, 6) is -0.344. The Bertz CT molecular complexity index is 498. The van der Waals surface area contributed by atoms with Crippen molar-refractivity contribution in [1.82, 2.24) is 9.80 Å². The Morgan fingerprint density at radius 2 is 2.05 bits per heavy atom. The first-order chi connectivity index (χ1) is 9.47. The molecule has 0 aromatic heterocycles. The second-order valence-electron chi connectivity index (χ2n) is 4.84. The number of amides is 1. The summed E-state index contributed by atoms with van der Waals surface area (Å²) >= 11 is 0. The SMILES string of the molecule is CC(c1ccccc1F)N(C)CC(=O)N(C)CCC#N. The third kappa shape index (κ3) is 4.32. The molecular weight excluding hydrogens is 257 g/mol. The van der Waals surface area contributed by atoms with Crippen LogP contribution in [-0.2, 0) is 4.79 Å². The van der Waals surface area contributed by atoms with E-state index in [0.717, 1.165) is 0 Å². The zero-order valence-electron chi connectivity index (χ0n) is 12.1. The number of hydrogen-bond acceptors (Lipinski definition) is 3. The van der Waals surface area contributed by atoms with Gasteiger partial charge >= 0.3 is 0 Å². The predicted octanol–water partition coefficient (Wildman–Crippen LogP) is 2.19. The first-order valence-corrected chi connectivity index (χ1v) is 6.53. The molecule has 0 fully saturated rings. The predicted molar refractivity (Wildman–Crippen MR) is 75.3 cm³/mol. The standard InChI is InChI=1S/C15H20FN3O/c1-12(13-7-4-5-8-14(13)16)19(3)11-15(20)18(2)10-6-9-17/h4-5,7-8,12H,6,10-11H2,1-3H3. The molecule has 1 atom stereocenters. The van der Waals surface area contributed by atoms with Gasteiger partial charge in [-0.05, 0) is 20.0 Å². The van der Waals surface area contributed by atoms with Crippen molar-refractivity contribution in [3.8, 4) is 6.07 Å². The van der Waals surface area contributed by atoms with Gasteiger partial charge in [0.1, 0.15) is 5.82 Å². The monoisotopic (exact) mass is 277 g/mol. The van der Waals surface area contributed by atoms with E-state index in [9.17, 15) is 9.18 Å². The Morgan fingerprint density at radius 3 is 2.65 bits per heavy atom. The molecule has 0 heterocycles. The van der Waals surface area contributed by atoms with Crippen molar-refractivity contribution in [2.45, 2.75) is 19.4 Å². The Morgan fingerprint density at radius 1 is 1.40 bits per heavy atom. The normalized spacial score (nSPS) is 12.0. The van der Waals surface area contributed by atoms with Gasteiger partial charge in [0.2, 0.25) is 5.91 Å². The molecule has 0 N–H and O–H groups in total. The summed E-state index contributed by atoms with van der Waals surface area (Å²) in [5.41, 5.74) is 0.572. The molecule has 1 aromatic rings. The van der Waals surface area contributed by atoms with Crippen LogP contribution in [0.25, 0.3) is 0 Å².